The molecule has 1 unspecified atom stereocenters. The molecular weight excluding hydrogens is 112 g/mol. The molecule has 0 saturated carbocycles. The van der Waals surface area contributed by atoms with E-state index in [9.17, 15) is 0 Å². The topological polar surface area (TPSA) is 20.2 Å². The van der Waals surface area contributed by atoms with Crippen molar-refractivity contribution >= 4 is 11.6 Å². The maximum absolute atomic E-state index is 8.60. The van der Waals surface area contributed by atoms with Crippen LogP contribution in [0.1, 0.15) is 13.3 Å². The van der Waals surface area contributed by atoms with Crippen molar-refractivity contribution in [3.63, 3.8) is 0 Å². The molecule has 40 valence electrons. The Balaban J connectivity index is 3.29. The molecule has 0 fully saturated rings. The fourth-order valence-electron chi connectivity index (χ4n) is 0.165. The lowest BCUT2D eigenvalue weighted by Gasteiger charge is -1.90. The Morgan fingerprint density at radius 3 is 2.57 bits per heavy atom. The Labute approximate surface area is 48.3 Å². The van der Waals surface area contributed by atoms with Crippen LogP contribution in [0.2, 0.25) is 0 Å². The summed E-state index contributed by atoms with van der Waals surface area (Å²) >= 11 is 4.95. The van der Waals surface area contributed by atoms with E-state index in [4.69, 9.17) is 16.7 Å². The van der Waals surface area contributed by atoms with E-state index in [2.05, 4.69) is 11.3 Å². The van der Waals surface area contributed by atoms with Gasteiger partial charge in [-0.15, -0.1) is 0 Å². The largest absolute Gasteiger partial charge is 0.380 e. The number of aliphatic hydroxyl groups excluding tert-OH is 1. The third-order valence-electron chi connectivity index (χ3n) is 0.608. The van der Waals surface area contributed by atoms with E-state index in [0.717, 1.165) is 0 Å². The second kappa shape index (κ2) is 3.98. The van der Waals surface area contributed by atoms with Crippen molar-refractivity contribution in [1.29, 1.82) is 0 Å². The van der Waals surface area contributed by atoms with Crippen molar-refractivity contribution in [1.82, 2.24) is 0 Å². The van der Waals surface area contributed by atoms with Crippen LogP contribution < -0.4 is 0 Å². The zero-order valence-corrected chi connectivity index (χ0v) is 4.87. The van der Waals surface area contributed by atoms with Gasteiger partial charge in [-0.1, -0.05) is 12.8 Å². The summed E-state index contributed by atoms with van der Waals surface area (Å²) < 4.78 is 0. The molecule has 0 aromatic heterocycles. The van der Waals surface area contributed by atoms with Gasteiger partial charge in [0.1, 0.15) is 6.10 Å². The Morgan fingerprint density at radius 2 is 2.43 bits per heavy atom. The number of rotatable bonds is 1. The quantitative estimate of drug-likeness (QED) is 0.509. The molecule has 0 heterocycles. The highest BCUT2D eigenvalue weighted by Gasteiger charge is 1.88. The van der Waals surface area contributed by atoms with Gasteiger partial charge in [0.2, 0.25) is 0 Å². The van der Waals surface area contributed by atoms with E-state index in [-0.39, 0.29) is 0 Å². The summed E-state index contributed by atoms with van der Waals surface area (Å²) in [5.74, 6) is 2.37. The van der Waals surface area contributed by atoms with Crippen molar-refractivity contribution in [2.75, 3.05) is 0 Å². The standard InChI is InChI=1S/C5H7ClO/c1-2-5(7)3-4-6/h5,7H,2H2,1H3. The average Bonchev–Trinajstić information content (AvgIpc) is 1.68. The first-order valence-electron chi connectivity index (χ1n) is 2.10. The molecule has 0 aliphatic carbocycles. The molecule has 0 spiro atoms. The van der Waals surface area contributed by atoms with Gasteiger partial charge in [-0.2, -0.15) is 0 Å². The minimum Gasteiger partial charge on any atom is -0.380 e. The summed E-state index contributed by atoms with van der Waals surface area (Å²) in [4.78, 5) is 0. The molecule has 0 bridgehead atoms. The molecule has 0 radical (unpaired) electrons. The maximum atomic E-state index is 8.60. The number of hydrogen-bond acceptors (Lipinski definition) is 1. The molecule has 1 N–H and O–H groups in total. The number of halogens is 1. The molecule has 0 aromatic rings. The third kappa shape index (κ3) is 3.65. The highest BCUT2D eigenvalue weighted by atomic mass is 35.5. The normalized spacial score (nSPS) is 11.9. The minimum absolute atomic E-state index is 0.544. The van der Waals surface area contributed by atoms with Gasteiger partial charge in [0.05, 0.1) is 0 Å². The molecule has 0 aliphatic heterocycles. The predicted octanol–water partition coefficient (Wildman–Crippen LogP) is 0.957. The number of aliphatic hydroxyl groups is 1. The van der Waals surface area contributed by atoms with Crippen molar-refractivity contribution in [3.05, 3.63) is 0 Å². The van der Waals surface area contributed by atoms with Crippen molar-refractivity contribution in [3.8, 4) is 11.3 Å². The van der Waals surface area contributed by atoms with Crippen LogP contribution in [0.3, 0.4) is 0 Å². The monoisotopic (exact) mass is 118 g/mol. The maximum Gasteiger partial charge on any atom is 0.115 e. The molecule has 0 rings (SSSR count). The average molecular weight is 119 g/mol. The van der Waals surface area contributed by atoms with Crippen LogP contribution in [-0.2, 0) is 0 Å². The van der Waals surface area contributed by atoms with Gasteiger partial charge in [-0.3, -0.25) is 0 Å². The molecule has 0 aliphatic rings. The first-order chi connectivity index (χ1) is 3.31. The van der Waals surface area contributed by atoms with Crippen molar-refractivity contribution in [2.24, 2.45) is 0 Å². The Hall–Kier alpha value is -0.190. The van der Waals surface area contributed by atoms with Crippen LogP contribution in [0.15, 0.2) is 0 Å². The van der Waals surface area contributed by atoms with Gasteiger partial charge in [0, 0.05) is 5.38 Å². The summed E-state index contributed by atoms with van der Waals surface area (Å²) in [6.45, 7) is 1.84. The van der Waals surface area contributed by atoms with Gasteiger partial charge >= 0.3 is 0 Å². The van der Waals surface area contributed by atoms with Gasteiger partial charge in [-0.05, 0) is 18.0 Å². The zero-order chi connectivity index (χ0) is 5.70. The molecule has 0 aromatic carbocycles. The molecule has 1 nitrogen and oxygen atoms in total. The number of hydrogen-bond donors (Lipinski definition) is 1. The summed E-state index contributed by atoms with van der Waals surface area (Å²) in [7, 11) is 0. The molecule has 7 heavy (non-hydrogen) atoms. The highest BCUT2D eigenvalue weighted by molar-refractivity contribution is 6.30. The van der Waals surface area contributed by atoms with Crippen molar-refractivity contribution < 1.29 is 5.11 Å². The van der Waals surface area contributed by atoms with E-state index < -0.39 is 6.10 Å². The van der Waals surface area contributed by atoms with E-state index in [1.165, 1.54) is 0 Å². The van der Waals surface area contributed by atoms with Gasteiger partial charge in [0.25, 0.3) is 0 Å². The second-order valence-electron chi connectivity index (χ2n) is 1.16. The van der Waals surface area contributed by atoms with Crippen LogP contribution in [-0.4, -0.2) is 11.2 Å². The van der Waals surface area contributed by atoms with E-state index in [0.29, 0.717) is 6.42 Å². The Kier molecular flexibility index (Phi) is 3.87. The first kappa shape index (κ1) is 6.81. The predicted molar refractivity (Wildman–Crippen MR) is 29.9 cm³/mol. The van der Waals surface area contributed by atoms with Gasteiger partial charge in [-0.25, -0.2) is 0 Å². The Morgan fingerprint density at radius 1 is 1.86 bits per heavy atom. The molecular formula is C5H7ClO. The summed E-state index contributed by atoms with van der Waals surface area (Å²) in [6, 6.07) is 0. The van der Waals surface area contributed by atoms with E-state index in [1.54, 1.807) is 0 Å². The minimum atomic E-state index is -0.544. The van der Waals surface area contributed by atoms with Crippen LogP contribution in [0.4, 0.5) is 0 Å². The fourth-order valence-corrected chi connectivity index (χ4v) is 0.291. The summed E-state index contributed by atoms with van der Waals surface area (Å²) in [5.41, 5.74) is 0. The highest BCUT2D eigenvalue weighted by Crippen LogP contribution is 1.84. The van der Waals surface area contributed by atoms with Crippen LogP contribution in [0.5, 0.6) is 0 Å². The molecule has 0 saturated heterocycles. The van der Waals surface area contributed by atoms with Crippen LogP contribution in [0, 0.1) is 11.3 Å². The lowest BCUT2D eigenvalue weighted by molar-refractivity contribution is 0.228. The first-order valence-corrected chi connectivity index (χ1v) is 2.48. The SMILES string of the molecule is CCC(O)C#CCl. The molecule has 1 atom stereocenters. The second-order valence-corrected chi connectivity index (χ2v) is 1.35. The molecule has 2 heteroatoms. The van der Waals surface area contributed by atoms with Crippen LogP contribution >= 0.6 is 11.6 Å². The van der Waals surface area contributed by atoms with Crippen LogP contribution in [0.25, 0.3) is 0 Å². The van der Waals surface area contributed by atoms with Gasteiger partial charge < -0.3 is 5.11 Å². The van der Waals surface area contributed by atoms with Gasteiger partial charge in [0.15, 0.2) is 0 Å². The summed E-state index contributed by atoms with van der Waals surface area (Å²) in [5, 5.41) is 10.7. The molecule has 0 amide bonds. The van der Waals surface area contributed by atoms with Crippen molar-refractivity contribution in [2.45, 2.75) is 19.4 Å². The van der Waals surface area contributed by atoms with E-state index >= 15 is 0 Å². The lowest BCUT2D eigenvalue weighted by Crippen LogP contribution is -1.97. The zero-order valence-electron chi connectivity index (χ0n) is 4.11. The fraction of sp³-hybridized carbons (Fsp3) is 0.600. The third-order valence-corrected chi connectivity index (χ3v) is 0.717. The van der Waals surface area contributed by atoms with E-state index in [1.807, 2.05) is 6.92 Å². The smallest absolute Gasteiger partial charge is 0.115 e. The Bertz CT molecular complexity index is 90.0. The lowest BCUT2D eigenvalue weighted by atomic mass is 10.3. The summed E-state index contributed by atoms with van der Waals surface area (Å²) in [6.07, 6.45) is 0.0946.